The summed E-state index contributed by atoms with van der Waals surface area (Å²) >= 11 is 6.28. The topological polar surface area (TPSA) is 103 Å². The van der Waals surface area contributed by atoms with E-state index in [-0.39, 0.29) is 23.6 Å². The lowest BCUT2D eigenvalue weighted by molar-refractivity contribution is 0.411. The molecule has 7 nitrogen and oxygen atoms in total. The van der Waals surface area contributed by atoms with Gasteiger partial charge in [0, 0.05) is 29.9 Å². The van der Waals surface area contributed by atoms with Gasteiger partial charge in [0.25, 0.3) is 0 Å². The molecule has 2 aromatic heterocycles. The van der Waals surface area contributed by atoms with Crippen molar-refractivity contribution in [1.29, 1.82) is 0 Å². The molecule has 2 aromatic carbocycles. The molecule has 0 spiro atoms. The Bertz CT molecular complexity index is 1550. The molecule has 0 aliphatic heterocycles. The minimum absolute atomic E-state index is 0.207. The molecular weight excluding hydrogens is 515 g/mol. The van der Waals surface area contributed by atoms with Crippen molar-refractivity contribution >= 4 is 34.3 Å². The molecule has 0 saturated heterocycles. The van der Waals surface area contributed by atoms with Crippen molar-refractivity contribution in [2.45, 2.75) is 56.5 Å². The Morgan fingerprint density at radius 3 is 2.64 bits per heavy atom. The fraction of sp³-hybridized carbons (Fsp3) is 0.333. The number of ether oxygens (including phenoxy) is 1. The van der Waals surface area contributed by atoms with Gasteiger partial charge in [-0.15, -0.1) is 0 Å². The molecule has 0 radical (unpaired) electrons. The van der Waals surface area contributed by atoms with Crippen LogP contribution in [0.4, 0.5) is 15.8 Å². The first-order valence-electron chi connectivity index (χ1n) is 13.4. The zero-order valence-electron chi connectivity index (χ0n) is 21.8. The van der Waals surface area contributed by atoms with Gasteiger partial charge in [-0.05, 0) is 85.9 Å². The minimum Gasteiger partial charge on any atom is -0.497 e. The number of aliphatic imine (C=N–C) groups is 1. The number of aromatic nitrogens is 2. The van der Waals surface area contributed by atoms with E-state index in [1.807, 2.05) is 16.8 Å². The average Bonchev–Trinajstić information content (AvgIpc) is 3.70. The molecule has 0 amide bonds. The van der Waals surface area contributed by atoms with E-state index >= 15 is 0 Å². The fourth-order valence-electron chi connectivity index (χ4n) is 5.44. The molecule has 6 rings (SSSR count). The van der Waals surface area contributed by atoms with E-state index in [1.165, 1.54) is 42.2 Å². The van der Waals surface area contributed by atoms with Crippen LogP contribution < -0.4 is 21.5 Å². The maximum Gasteiger partial charge on any atom is 0.135 e. The number of amidine groups is 1. The molecule has 39 heavy (non-hydrogen) atoms. The van der Waals surface area contributed by atoms with Crippen molar-refractivity contribution in [2.75, 3.05) is 12.4 Å². The van der Waals surface area contributed by atoms with E-state index in [2.05, 4.69) is 33.6 Å². The molecule has 5 N–H and O–H groups in total. The van der Waals surface area contributed by atoms with Crippen LogP contribution in [0.5, 0.6) is 5.75 Å². The third-order valence-electron chi connectivity index (χ3n) is 7.77. The highest BCUT2D eigenvalue weighted by molar-refractivity contribution is 6.33. The summed E-state index contributed by atoms with van der Waals surface area (Å²) in [6, 6.07) is 12.9. The van der Waals surface area contributed by atoms with Gasteiger partial charge in [0.15, 0.2) is 0 Å². The highest BCUT2D eigenvalue weighted by Crippen LogP contribution is 2.46. The van der Waals surface area contributed by atoms with Crippen molar-refractivity contribution in [3.8, 4) is 16.9 Å². The van der Waals surface area contributed by atoms with E-state index in [4.69, 9.17) is 27.8 Å². The molecule has 4 aromatic rings. The van der Waals surface area contributed by atoms with Crippen LogP contribution in [0.15, 0.2) is 59.9 Å². The largest absolute Gasteiger partial charge is 0.497 e. The van der Waals surface area contributed by atoms with Crippen molar-refractivity contribution in [2.24, 2.45) is 16.5 Å². The van der Waals surface area contributed by atoms with E-state index in [1.54, 1.807) is 13.3 Å². The summed E-state index contributed by atoms with van der Waals surface area (Å²) in [5.74, 6) is 1.18. The Morgan fingerprint density at radius 1 is 1.10 bits per heavy atom. The van der Waals surface area contributed by atoms with Crippen LogP contribution in [-0.2, 0) is 0 Å². The number of benzene rings is 2. The number of anilines is 1. The molecule has 9 heteroatoms. The van der Waals surface area contributed by atoms with E-state index < -0.39 is 5.82 Å². The number of fused-ring (bicyclic) bond motifs is 1. The summed E-state index contributed by atoms with van der Waals surface area (Å²) in [7, 11) is 1.70. The summed E-state index contributed by atoms with van der Waals surface area (Å²) in [4.78, 5) is 4.49. The van der Waals surface area contributed by atoms with E-state index in [0.29, 0.717) is 16.5 Å². The highest BCUT2D eigenvalue weighted by atomic mass is 35.5. The lowest BCUT2D eigenvalue weighted by Crippen LogP contribution is -2.33. The zero-order valence-corrected chi connectivity index (χ0v) is 22.6. The van der Waals surface area contributed by atoms with Gasteiger partial charge in [0.05, 0.1) is 40.8 Å². The molecule has 202 valence electrons. The second kappa shape index (κ2) is 10.5. The van der Waals surface area contributed by atoms with Gasteiger partial charge in [-0.3, -0.25) is 0 Å². The van der Waals surface area contributed by atoms with Crippen LogP contribution in [0, 0.1) is 5.82 Å². The van der Waals surface area contributed by atoms with Gasteiger partial charge >= 0.3 is 0 Å². The first-order chi connectivity index (χ1) is 18.9. The summed E-state index contributed by atoms with van der Waals surface area (Å²) < 4.78 is 21.3. The predicted octanol–water partition coefficient (Wildman–Crippen LogP) is 6.40. The molecular formula is C30H32ClFN6O. The number of rotatable bonds is 7. The monoisotopic (exact) mass is 546 g/mol. The number of hydrogen-bond acceptors (Lipinski definition) is 5. The Kier molecular flexibility index (Phi) is 6.91. The SMILES string of the molecule is COc1ccc(-c2cc3c(NC4CCC(N)CC4)c(C(N)=Nc4cc(F)ccc4Cl)cnn3c2)c(C2CC2)c1. The smallest absolute Gasteiger partial charge is 0.135 e. The molecule has 0 unspecified atom stereocenters. The van der Waals surface area contributed by atoms with Crippen molar-refractivity contribution in [1.82, 2.24) is 9.61 Å². The van der Waals surface area contributed by atoms with Crippen LogP contribution >= 0.6 is 11.6 Å². The molecule has 0 atom stereocenters. The third-order valence-corrected chi connectivity index (χ3v) is 8.09. The van der Waals surface area contributed by atoms with Crippen molar-refractivity contribution < 1.29 is 9.13 Å². The van der Waals surface area contributed by atoms with E-state index in [0.717, 1.165) is 48.2 Å². The van der Waals surface area contributed by atoms with Crippen molar-refractivity contribution in [3.05, 3.63) is 76.8 Å². The molecule has 0 bridgehead atoms. The molecule has 2 saturated carbocycles. The second-order valence-electron chi connectivity index (χ2n) is 10.6. The summed E-state index contributed by atoms with van der Waals surface area (Å²) in [6.45, 7) is 0. The Morgan fingerprint density at radius 2 is 1.90 bits per heavy atom. The van der Waals surface area contributed by atoms with Gasteiger partial charge in [0.2, 0.25) is 0 Å². The number of nitrogens with zero attached hydrogens (tertiary/aromatic N) is 3. The lowest BCUT2D eigenvalue weighted by atomic mass is 9.91. The second-order valence-corrected chi connectivity index (χ2v) is 11.0. The Labute approximate surface area is 232 Å². The predicted molar refractivity (Wildman–Crippen MR) is 155 cm³/mol. The molecule has 2 fully saturated rings. The number of halogens is 2. The normalized spacial score (nSPS) is 19.8. The highest BCUT2D eigenvalue weighted by Gasteiger charge is 2.28. The van der Waals surface area contributed by atoms with Gasteiger partial charge in [-0.2, -0.15) is 5.10 Å². The van der Waals surface area contributed by atoms with Gasteiger partial charge in [-0.25, -0.2) is 13.9 Å². The van der Waals surface area contributed by atoms with Gasteiger partial charge < -0.3 is 21.5 Å². The standard InChI is InChI=1S/C30H32ClFN6O/c1-39-22-9-10-23(24(14-22)17-2-3-17)18-12-28-29(36-21-7-5-20(33)6-8-21)25(15-35-38(28)16-18)30(34)37-27-13-19(32)4-11-26(27)31/h4,9-17,20-21,36H,2-3,5-8,33H2,1H3,(H2,34,37). The number of hydrogen-bond donors (Lipinski definition) is 3. The van der Waals surface area contributed by atoms with Crippen LogP contribution in [0.2, 0.25) is 5.02 Å². The van der Waals surface area contributed by atoms with Crippen LogP contribution in [-0.4, -0.2) is 34.6 Å². The first-order valence-corrected chi connectivity index (χ1v) is 13.8. The van der Waals surface area contributed by atoms with Crippen molar-refractivity contribution in [3.63, 3.8) is 0 Å². The first kappa shape index (κ1) is 25.6. The van der Waals surface area contributed by atoms with Crippen LogP contribution in [0.25, 0.3) is 16.6 Å². The Balaban J connectivity index is 1.46. The zero-order chi connectivity index (χ0) is 27.1. The average molecular weight is 547 g/mol. The van der Waals surface area contributed by atoms with Gasteiger partial charge in [0.1, 0.15) is 17.4 Å². The number of methoxy groups -OCH3 is 1. The minimum atomic E-state index is -0.432. The molecule has 2 heterocycles. The quantitative estimate of drug-likeness (QED) is 0.184. The summed E-state index contributed by atoms with van der Waals surface area (Å²) in [5.41, 5.74) is 18.9. The number of nitrogens with one attached hydrogen (secondary N) is 1. The third kappa shape index (κ3) is 5.31. The van der Waals surface area contributed by atoms with Crippen LogP contribution in [0.3, 0.4) is 0 Å². The Hall–Kier alpha value is -3.62. The van der Waals surface area contributed by atoms with E-state index in [9.17, 15) is 4.39 Å². The summed E-state index contributed by atoms with van der Waals surface area (Å²) in [6.07, 6.45) is 9.95. The maximum absolute atomic E-state index is 13.9. The molecule has 2 aliphatic carbocycles. The van der Waals surface area contributed by atoms with Gasteiger partial charge in [-0.1, -0.05) is 17.7 Å². The molecule has 2 aliphatic rings. The fourth-order valence-corrected chi connectivity index (χ4v) is 5.60. The van der Waals surface area contributed by atoms with Crippen LogP contribution in [0.1, 0.15) is 55.6 Å². The lowest BCUT2D eigenvalue weighted by Gasteiger charge is -2.28. The number of nitrogens with two attached hydrogens (primary N) is 2. The summed E-state index contributed by atoms with van der Waals surface area (Å²) in [5, 5.41) is 8.74. The maximum atomic E-state index is 13.9.